The molecule has 5 heteroatoms. The number of amides is 1. The van der Waals surface area contributed by atoms with Gasteiger partial charge in [0, 0.05) is 0 Å². The number of rotatable bonds is 3. The van der Waals surface area contributed by atoms with Gasteiger partial charge in [-0.3, -0.25) is 4.79 Å². The summed E-state index contributed by atoms with van der Waals surface area (Å²) in [5, 5.41) is 3.08. The summed E-state index contributed by atoms with van der Waals surface area (Å²) < 4.78 is 0. The van der Waals surface area contributed by atoms with Gasteiger partial charge in [-0.1, -0.05) is 24.3 Å². The lowest BCUT2D eigenvalue weighted by Crippen LogP contribution is -2.13. The molecule has 0 saturated carbocycles. The fourth-order valence-electron chi connectivity index (χ4n) is 1.95. The zero-order valence-corrected chi connectivity index (χ0v) is 10.1. The number of nitrogens with zero attached hydrogens (tertiary/aromatic N) is 1. The molecule has 0 unspecified atom stereocenters. The summed E-state index contributed by atoms with van der Waals surface area (Å²) in [6.45, 7) is 0. The molecule has 1 amide bonds. The Morgan fingerprint density at radius 3 is 2.63 bits per heavy atom. The van der Waals surface area contributed by atoms with Crippen molar-refractivity contribution >= 4 is 28.6 Å². The van der Waals surface area contributed by atoms with Gasteiger partial charge in [-0.15, -0.1) is 0 Å². The number of imidazole rings is 1. The first-order valence-corrected chi connectivity index (χ1v) is 5.84. The van der Waals surface area contributed by atoms with E-state index >= 15 is 0 Å². The Kier molecular flexibility index (Phi) is 2.64. The summed E-state index contributed by atoms with van der Waals surface area (Å²) in [6.07, 6.45) is 0. The predicted octanol–water partition coefficient (Wildman–Crippen LogP) is 2.41. The Hall–Kier alpha value is -2.82. The van der Waals surface area contributed by atoms with Crippen LogP contribution in [0.3, 0.4) is 0 Å². The Balaban J connectivity index is 1.99. The average molecular weight is 252 g/mol. The largest absolute Gasteiger partial charge is 0.366 e. The van der Waals surface area contributed by atoms with Crippen molar-refractivity contribution in [3.05, 3.63) is 54.1 Å². The van der Waals surface area contributed by atoms with E-state index in [1.165, 1.54) is 0 Å². The summed E-state index contributed by atoms with van der Waals surface area (Å²) in [6, 6.07) is 14.8. The SMILES string of the molecule is NC(=O)c1ccccc1Nc1nc2ccccc2[nH]1. The summed E-state index contributed by atoms with van der Waals surface area (Å²) in [4.78, 5) is 18.9. The molecule has 0 aliphatic heterocycles. The number of H-pyrrole nitrogens is 1. The second-order valence-corrected chi connectivity index (χ2v) is 4.14. The molecule has 19 heavy (non-hydrogen) atoms. The predicted molar refractivity (Wildman–Crippen MR) is 74.3 cm³/mol. The van der Waals surface area contributed by atoms with Gasteiger partial charge in [0.05, 0.1) is 22.3 Å². The smallest absolute Gasteiger partial charge is 0.250 e. The van der Waals surface area contributed by atoms with Crippen LogP contribution in [0.15, 0.2) is 48.5 Å². The molecule has 0 atom stereocenters. The molecule has 0 fully saturated rings. The van der Waals surface area contributed by atoms with E-state index in [1.54, 1.807) is 18.2 Å². The summed E-state index contributed by atoms with van der Waals surface area (Å²) in [7, 11) is 0. The number of aromatic amines is 1. The maximum atomic E-state index is 11.3. The van der Waals surface area contributed by atoms with Crippen LogP contribution < -0.4 is 11.1 Å². The fraction of sp³-hybridized carbons (Fsp3) is 0. The van der Waals surface area contributed by atoms with Crippen LogP contribution in [0, 0.1) is 0 Å². The lowest BCUT2D eigenvalue weighted by atomic mass is 10.1. The molecule has 0 spiro atoms. The van der Waals surface area contributed by atoms with Crippen molar-refractivity contribution in [2.24, 2.45) is 5.73 Å². The topological polar surface area (TPSA) is 83.8 Å². The third kappa shape index (κ3) is 2.13. The van der Waals surface area contributed by atoms with Gasteiger partial charge in [-0.05, 0) is 24.3 Å². The summed E-state index contributed by atoms with van der Waals surface area (Å²) >= 11 is 0. The Morgan fingerprint density at radius 2 is 1.84 bits per heavy atom. The quantitative estimate of drug-likeness (QED) is 0.669. The third-order valence-corrected chi connectivity index (χ3v) is 2.83. The van der Waals surface area contributed by atoms with E-state index in [4.69, 9.17) is 5.73 Å². The molecule has 1 aromatic heterocycles. The number of fused-ring (bicyclic) bond motifs is 1. The van der Waals surface area contributed by atoms with E-state index in [0.717, 1.165) is 11.0 Å². The van der Waals surface area contributed by atoms with Gasteiger partial charge in [0.2, 0.25) is 5.95 Å². The normalized spacial score (nSPS) is 10.5. The van der Waals surface area contributed by atoms with E-state index in [-0.39, 0.29) is 0 Å². The number of carbonyl (C=O) groups is 1. The molecule has 5 nitrogen and oxygen atoms in total. The number of nitrogens with two attached hydrogens (primary N) is 1. The van der Waals surface area contributed by atoms with Crippen LogP contribution in [0.2, 0.25) is 0 Å². The molecular formula is C14H12N4O. The second-order valence-electron chi connectivity index (χ2n) is 4.14. The van der Waals surface area contributed by atoms with Crippen molar-refractivity contribution in [2.45, 2.75) is 0 Å². The van der Waals surface area contributed by atoms with E-state index in [2.05, 4.69) is 15.3 Å². The Labute approximate surface area is 109 Å². The first-order valence-electron chi connectivity index (χ1n) is 5.84. The zero-order chi connectivity index (χ0) is 13.2. The minimum Gasteiger partial charge on any atom is -0.366 e. The highest BCUT2D eigenvalue weighted by Crippen LogP contribution is 2.20. The van der Waals surface area contributed by atoms with Crippen LogP contribution >= 0.6 is 0 Å². The summed E-state index contributed by atoms with van der Waals surface area (Å²) in [5.41, 5.74) is 8.20. The van der Waals surface area contributed by atoms with Gasteiger partial charge in [-0.25, -0.2) is 4.98 Å². The van der Waals surface area contributed by atoms with Crippen molar-refractivity contribution in [1.29, 1.82) is 0 Å². The number of hydrogen-bond acceptors (Lipinski definition) is 3. The van der Waals surface area contributed by atoms with E-state index < -0.39 is 5.91 Å². The molecule has 0 radical (unpaired) electrons. The lowest BCUT2D eigenvalue weighted by Gasteiger charge is -2.06. The van der Waals surface area contributed by atoms with Crippen molar-refractivity contribution in [2.75, 3.05) is 5.32 Å². The van der Waals surface area contributed by atoms with Crippen LogP contribution in [0.1, 0.15) is 10.4 Å². The van der Waals surface area contributed by atoms with Crippen molar-refractivity contribution in [1.82, 2.24) is 9.97 Å². The van der Waals surface area contributed by atoms with Crippen molar-refractivity contribution in [3.8, 4) is 0 Å². The number of para-hydroxylation sites is 3. The highest BCUT2D eigenvalue weighted by molar-refractivity contribution is 5.99. The van der Waals surface area contributed by atoms with Gasteiger partial charge in [-0.2, -0.15) is 0 Å². The van der Waals surface area contributed by atoms with Crippen LogP contribution in [0.4, 0.5) is 11.6 Å². The molecule has 3 aromatic rings. The highest BCUT2D eigenvalue weighted by atomic mass is 16.1. The molecule has 2 aromatic carbocycles. The van der Waals surface area contributed by atoms with Gasteiger partial charge in [0.15, 0.2) is 0 Å². The number of primary amides is 1. The van der Waals surface area contributed by atoms with Crippen molar-refractivity contribution < 1.29 is 4.79 Å². The van der Waals surface area contributed by atoms with Crippen LogP contribution in [0.5, 0.6) is 0 Å². The molecular weight excluding hydrogens is 240 g/mol. The number of benzene rings is 2. The molecule has 0 aliphatic rings. The molecule has 3 rings (SSSR count). The first-order chi connectivity index (χ1) is 9.24. The molecule has 1 heterocycles. The Morgan fingerprint density at radius 1 is 1.11 bits per heavy atom. The monoisotopic (exact) mass is 252 g/mol. The number of anilines is 2. The molecule has 0 saturated heterocycles. The standard InChI is InChI=1S/C14H12N4O/c15-13(19)9-5-1-2-6-10(9)16-14-17-11-7-3-4-8-12(11)18-14/h1-8H,(H2,15,19)(H2,16,17,18). The molecule has 0 bridgehead atoms. The second kappa shape index (κ2) is 4.45. The van der Waals surface area contributed by atoms with Crippen LogP contribution in [-0.2, 0) is 0 Å². The van der Waals surface area contributed by atoms with Gasteiger partial charge < -0.3 is 16.0 Å². The van der Waals surface area contributed by atoms with Gasteiger partial charge in [0.25, 0.3) is 5.91 Å². The number of nitrogens with one attached hydrogen (secondary N) is 2. The Bertz CT molecular complexity index is 715. The van der Waals surface area contributed by atoms with Crippen LogP contribution in [0.25, 0.3) is 11.0 Å². The van der Waals surface area contributed by atoms with E-state index in [0.29, 0.717) is 17.2 Å². The first kappa shape index (κ1) is 11.3. The maximum absolute atomic E-state index is 11.3. The van der Waals surface area contributed by atoms with E-state index in [9.17, 15) is 4.79 Å². The zero-order valence-electron chi connectivity index (χ0n) is 10.1. The van der Waals surface area contributed by atoms with Crippen LogP contribution in [-0.4, -0.2) is 15.9 Å². The maximum Gasteiger partial charge on any atom is 0.250 e. The van der Waals surface area contributed by atoms with E-state index in [1.807, 2.05) is 30.3 Å². The highest BCUT2D eigenvalue weighted by Gasteiger charge is 2.09. The lowest BCUT2D eigenvalue weighted by molar-refractivity contribution is 0.100. The molecule has 0 aliphatic carbocycles. The number of aromatic nitrogens is 2. The fourth-order valence-corrected chi connectivity index (χ4v) is 1.95. The third-order valence-electron chi connectivity index (χ3n) is 2.83. The molecule has 94 valence electrons. The minimum atomic E-state index is -0.473. The number of hydrogen-bond donors (Lipinski definition) is 3. The number of carbonyl (C=O) groups excluding carboxylic acids is 1. The summed E-state index contributed by atoms with van der Waals surface area (Å²) in [5.74, 6) is 0.106. The van der Waals surface area contributed by atoms with Gasteiger partial charge >= 0.3 is 0 Å². The molecule has 4 N–H and O–H groups in total. The van der Waals surface area contributed by atoms with Crippen molar-refractivity contribution in [3.63, 3.8) is 0 Å². The minimum absolute atomic E-state index is 0.433. The van der Waals surface area contributed by atoms with Gasteiger partial charge in [0.1, 0.15) is 0 Å². The average Bonchev–Trinajstić information content (AvgIpc) is 2.81.